The fourth-order valence-corrected chi connectivity index (χ4v) is 3.99. The molecule has 1 aliphatic rings. The average Bonchev–Trinajstić information content (AvgIpc) is 3.27. The zero-order valence-corrected chi connectivity index (χ0v) is 19.9. The van der Waals surface area contributed by atoms with E-state index < -0.39 is 6.04 Å². The van der Waals surface area contributed by atoms with Gasteiger partial charge >= 0.3 is 6.03 Å². The van der Waals surface area contributed by atoms with Gasteiger partial charge < -0.3 is 14.6 Å². The van der Waals surface area contributed by atoms with Crippen LogP contribution in [0.3, 0.4) is 0 Å². The van der Waals surface area contributed by atoms with Crippen molar-refractivity contribution >= 4 is 23.2 Å². The van der Waals surface area contributed by atoms with E-state index in [0.717, 1.165) is 28.1 Å². The third-order valence-electron chi connectivity index (χ3n) is 5.43. The maximum Gasteiger partial charge on any atom is 0.322 e. The molecule has 1 N–H and O–H groups in total. The van der Waals surface area contributed by atoms with E-state index in [4.69, 9.17) is 20.9 Å². The fourth-order valence-electron chi connectivity index (χ4n) is 3.87. The Bertz CT molecular complexity index is 1150. The van der Waals surface area contributed by atoms with Crippen molar-refractivity contribution in [3.8, 4) is 17.1 Å². The number of carbonyl (C=O) groups excluding carboxylic acids is 1. The number of benzene rings is 2. The lowest BCUT2D eigenvalue weighted by Crippen LogP contribution is -2.47. The largest absolute Gasteiger partial charge is 0.494 e. The average molecular weight is 467 g/mol. The number of aromatic nitrogens is 2. The van der Waals surface area contributed by atoms with Gasteiger partial charge in [-0.2, -0.15) is 4.98 Å². The summed E-state index contributed by atoms with van der Waals surface area (Å²) in [6.45, 7) is 9.18. The van der Waals surface area contributed by atoms with E-state index in [1.165, 1.54) is 0 Å². The van der Waals surface area contributed by atoms with Crippen LogP contribution < -0.4 is 10.1 Å². The zero-order valence-electron chi connectivity index (χ0n) is 19.1. The Hall–Kier alpha value is -3.32. The lowest BCUT2D eigenvalue weighted by Gasteiger charge is -2.36. The van der Waals surface area contributed by atoms with Gasteiger partial charge in [0, 0.05) is 22.8 Å². The molecule has 0 bridgehead atoms. The van der Waals surface area contributed by atoms with Crippen LogP contribution in [0.25, 0.3) is 17.0 Å². The molecule has 1 aliphatic heterocycles. The SMILES string of the molecule is CCOc1ccc(-c2noc(C3=C(C)N(CC(C)C)C(=O)NC3c3ccc(Cl)cc3)n2)cc1. The maximum atomic E-state index is 13.0. The number of nitrogens with one attached hydrogen (secondary N) is 1. The van der Waals surface area contributed by atoms with Gasteiger partial charge in [-0.3, -0.25) is 4.90 Å². The molecule has 0 radical (unpaired) electrons. The molecule has 8 heteroatoms. The first-order valence-corrected chi connectivity index (χ1v) is 11.4. The summed E-state index contributed by atoms with van der Waals surface area (Å²) in [5.74, 6) is 1.91. The quantitative estimate of drug-likeness (QED) is 0.466. The van der Waals surface area contributed by atoms with E-state index in [9.17, 15) is 4.79 Å². The summed E-state index contributed by atoms with van der Waals surface area (Å²) in [7, 11) is 0. The normalized spacial score (nSPS) is 16.4. The predicted octanol–water partition coefficient (Wildman–Crippen LogP) is 5.94. The first kappa shape index (κ1) is 22.9. The Morgan fingerprint density at radius 2 is 1.85 bits per heavy atom. The minimum Gasteiger partial charge on any atom is -0.494 e. The minimum absolute atomic E-state index is 0.156. The summed E-state index contributed by atoms with van der Waals surface area (Å²) < 4.78 is 11.2. The number of hydrogen-bond acceptors (Lipinski definition) is 5. The Balaban J connectivity index is 1.75. The van der Waals surface area contributed by atoms with Crippen LogP contribution in [0.1, 0.15) is 45.2 Å². The molecule has 2 heterocycles. The third kappa shape index (κ3) is 4.88. The molecular formula is C25H27ClN4O3. The van der Waals surface area contributed by atoms with Gasteiger partial charge in [0.2, 0.25) is 5.82 Å². The van der Waals surface area contributed by atoms with Crippen molar-refractivity contribution < 1.29 is 14.1 Å². The Kier molecular flexibility index (Phi) is 6.70. The lowest BCUT2D eigenvalue weighted by molar-refractivity contribution is 0.199. The van der Waals surface area contributed by atoms with E-state index in [1.807, 2.05) is 50.2 Å². The number of carbonyl (C=O) groups is 1. The van der Waals surface area contributed by atoms with Crippen LogP contribution >= 0.6 is 11.6 Å². The molecule has 172 valence electrons. The van der Waals surface area contributed by atoms with Crippen molar-refractivity contribution in [2.75, 3.05) is 13.2 Å². The molecule has 2 amide bonds. The van der Waals surface area contributed by atoms with E-state index in [1.54, 1.807) is 17.0 Å². The molecule has 1 aromatic heterocycles. The molecule has 0 aliphatic carbocycles. The first-order valence-electron chi connectivity index (χ1n) is 11.0. The number of nitrogens with zero attached hydrogens (tertiary/aromatic N) is 3. The number of hydrogen-bond donors (Lipinski definition) is 1. The molecule has 0 saturated heterocycles. The monoisotopic (exact) mass is 466 g/mol. The van der Waals surface area contributed by atoms with Gasteiger partial charge in [0.15, 0.2) is 0 Å². The number of ether oxygens (including phenoxy) is 1. The second kappa shape index (κ2) is 9.67. The molecular weight excluding hydrogens is 440 g/mol. The molecule has 2 aromatic carbocycles. The van der Waals surface area contributed by atoms with Gasteiger partial charge in [0.05, 0.1) is 18.2 Å². The number of allylic oxidation sites excluding steroid dienone is 1. The highest BCUT2D eigenvalue weighted by Gasteiger charge is 2.35. The summed E-state index contributed by atoms with van der Waals surface area (Å²) in [6, 6.07) is 14.3. The molecule has 33 heavy (non-hydrogen) atoms. The van der Waals surface area contributed by atoms with Crippen LogP contribution in [0.15, 0.2) is 58.8 Å². The minimum atomic E-state index is -0.438. The van der Waals surface area contributed by atoms with Crippen molar-refractivity contribution in [1.29, 1.82) is 0 Å². The van der Waals surface area contributed by atoms with Gasteiger partial charge in [-0.15, -0.1) is 0 Å². The third-order valence-corrected chi connectivity index (χ3v) is 5.68. The van der Waals surface area contributed by atoms with Crippen molar-refractivity contribution in [2.45, 2.75) is 33.7 Å². The molecule has 1 atom stereocenters. The first-order chi connectivity index (χ1) is 15.9. The van der Waals surface area contributed by atoms with Crippen molar-refractivity contribution in [3.63, 3.8) is 0 Å². The number of rotatable bonds is 7. The summed E-state index contributed by atoms with van der Waals surface area (Å²) in [4.78, 5) is 19.4. The molecule has 0 spiro atoms. The van der Waals surface area contributed by atoms with Gasteiger partial charge in [0.25, 0.3) is 5.89 Å². The number of halogens is 1. The van der Waals surface area contributed by atoms with Crippen LogP contribution in [0.5, 0.6) is 5.75 Å². The van der Waals surface area contributed by atoms with Crippen LogP contribution in [0.4, 0.5) is 4.79 Å². The van der Waals surface area contributed by atoms with Gasteiger partial charge in [-0.05, 0) is 61.7 Å². The van der Waals surface area contributed by atoms with E-state index >= 15 is 0 Å². The van der Waals surface area contributed by atoms with Crippen LogP contribution in [-0.4, -0.2) is 34.2 Å². The zero-order chi connectivity index (χ0) is 23.5. The molecule has 7 nitrogen and oxygen atoms in total. The van der Waals surface area contributed by atoms with E-state index in [2.05, 4.69) is 29.3 Å². The Morgan fingerprint density at radius 3 is 2.48 bits per heavy atom. The highest BCUT2D eigenvalue weighted by atomic mass is 35.5. The van der Waals surface area contributed by atoms with Crippen molar-refractivity contribution in [2.24, 2.45) is 5.92 Å². The molecule has 4 rings (SSSR count). The lowest BCUT2D eigenvalue weighted by atomic mass is 9.94. The Morgan fingerprint density at radius 1 is 1.15 bits per heavy atom. The van der Waals surface area contributed by atoms with Crippen LogP contribution in [-0.2, 0) is 0 Å². The summed E-state index contributed by atoms with van der Waals surface area (Å²) in [5, 5.41) is 7.93. The molecule has 0 saturated carbocycles. The summed E-state index contributed by atoms with van der Waals surface area (Å²) in [5.41, 5.74) is 3.25. The van der Waals surface area contributed by atoms with Crippen molar-refractivity contribution in [3.05, 3.63) is 70.7 Å². The molecule has 1 unspecified atom stereocenters. The molecule has 0 fully saturated rings. The smallest absolute Gasteiger partial charge is 0.322 e. The van der Waals surface area contributed by atoms with E-state index in [0.29, 0.717) is 35.8 Å². The van der Waals surface area contributed by atoms with Crippen LogP contribution in [0, 0.1) is 5.92 Å². The van der Waals surface area contributed by atoms with Crippen molar-refractivity contribution in [1.82, 2.24) is 20.4 Å². The number of amides is 2. The van der Waals surface area contributed by atoms with Gasteiger partial charge in [-0.25, -0.2) is 4.79 Å². The maximum absolute atomic E-state index is 13.0. The standard InChI is InChI=1S/C25H27ClN4O3/c1-5-32-20-12-8-18(9-13-20)23-28-24(33-29-23)21-16(4)30(14-15(2)3)25(31)27-22(21)17-6-10-19(26)11-7-17/h6-13,15,22H,5,14H2,1-4H3,(H,27,31). The second-order valence-electron chi connectivity index (χ2n) is 8.32. The highest BCUT2D eigenvalue weighted by molar-refractivity contribution is 6.30. The van der Waals surface area contributed by atoms with Gasteiger partial charge in [0.1, 0.15) is 5.75 Å². The predicted molar refractivity (Wildman–Crippen MR) is 128 cm³/mol. The second-order valence-corrected chi connectivity index (χ2v) is 8.75. The topological polar surface area (TPSA) is 80.5 Å². The van der Waals surface area contributed by atoms with E-state index in [-0.39, 0.29) is 6.03 Å². The number of urea groups is 1. The van der Waals surface area contributed by atoms with Crippen LogP contribution in [0.2, 0.25) is 5.02 Å². The van der Waals surface area contributed by atoms with Gasteiger partial charge in [-0.1, -0.05) is 42.7 Å². The fraction of sp³-hybridized carbons (Fsp3) is 0.320. The summed E-state index contributed by atoms with van der Waals surface area (Å²) >= 11 is 6.09. The highest BCUT2D eigenvalue weighted by Crippen LogP contribution is 2.38. The Labute approximate surface area is 198 Å². The summed E-state index contributed by atoms with van der Waals surface area (Å²) in [6.07, 6.45) is 0. The molecule has 3 aromatic rings.